The lowest BCUT2D eigenvalue weighted by Gasteiger charge is -2.24. The van der Waals surface area contributed by atoms with Crippen molar-refractivity contribution in [1.29, 1.82) is 0 Å². The number of hydrogen-bond acceptors (Lipinski definition) is 1. The van der Waals surface area contributed by atoms with Gasteiger partial charge in [0.1, 0.15) is 0 Å². The fraction of sp³-hybridized carbons (Fsp3) is 1.00. The van der Waals surface area contributed by atoms with Crippen molar-refractivity contribution in [3.05, 3.63) is 0 Å². The van der Waals surface area contributed by atoms with Gasteiger partial charge in [0.05, 0.1) is 6.54 Å². The summed E-state index contributed by atoms with van der Waals surface area (Å²) >= 11 is 5.63. The molecule has 5 heteroatoms. The Balaban J connectivity index is 2.46. The number of nitrogens with zero attached hydrogens (tertiary/aromatic N) is 1. The van der Waals surface area contributed by atoms with E-state index in [4.69, 9.17) is 11.6 Å². The smallest absolute Gasteiger partial charge is 0.292 e. The number of rotatable bonds is 2. The maximum atomic E-state index is 12.0. The Hall–Kier alpha value is 0.0400. The highest BCUT2D eigenvalue weighted by Gasteiger charge is 2.37. The average molecular weight is 216 g/mol. The van der Waals surface area contributed by atoms with Gasteiger partial charge in [0.15, 0.2) is 0 Å². The molecule has 1 aliphatic heterocycles. The van der Waals surface area contributed by atoms with Crippen LogP contribution in [-0.4, -0.2) is 36.1 Å². The van der Waals surface area contributed by atoms with Crippen molar-refractivity contribution in [2.45, 2.75) is 25.6 Å². The minimum atomic E-state index is -4.09. The van der Waals surface area contributed by atoms with E-state index in [1.54, 1.807) is 0 Å². The lowest BCUT2D eigenvalue weighted by Crippen LogP contribution is -2.38. The molecular formula is C8H13ClF3N. The van der Waals surface area contributed by atoms with E-state index in [1.807, 2.05) is 6.92 Å². The second-order valence-electron chi connectivity index (χ2n) is 3.53. The van der Waals surface area contributed by atoms with Gasteiger partial charge >= 0.3 is 6.18 Å². The van der Waals surface area contributed by atoms with E-state index >= 15 is 0 Å². The molecule has 1 saturated heterocycles. The topological polar surface area (TPSA) is 3.24 Å². The molecule has 0 radical (unpaired) electrons. The Morgan fingerprint density at radius 3 is 2.46 bits per heavy atom. The first-order valence-corrected chi connectivity index (χ1v) is 4.84. The normalized spacial score (nSPS) is 31.2. The molecule has 0 N–H and O–H groups in total. The number of likely N-dealkylation sites (tertiary alicyclic amines) is 1. The van der Waals surface area contributed by atoms with Crippen LogP contribution in [0, 0.1) is 5.92 Å². The van der Waals surface area contributed by atoms with Crippen molar-refractivity contribution < 1.29 is 13.2 Å². The van der Waals surface area contributed by atoms with Gasteiger partial charge in [-0.1, -0.05) is 0 Å². The molecule has 0 aromatic carbocycles. The van der Waals surface area contributed by atoms with E-state index in [2.05, 4.69) is 0 Å². The third kappa shape index (κ3) is 3.02. The van der Waals surface area contributed by atoms with Gasteiger partial charge in [-0.25, -0.2) is 0 Å². The zero-order valence-electron chi connectivity index (χ0n) is 7.44. The number of alkyl halides is 4. The average Bonchev–Trinajstić information content (AvgIpc) is 2.30. The Morgan fingerprint density at radius 2 is 2.08 bits per heavy atom. The molecular weight excluding hydrogens is 203 g/mol. The summed E-state index contributed by atoms with van der Waals surface area (Å²) in [6.45, 7) is 1.52. The Bertz CT molecular complexity index is 171. The van der Waals surface area contributed by atoms with Crippen LogP contribution in [0.5, 0.6) is 0 Å². The van der Waals surface area contributed by atoms with Crippen LogP contribution in [0.15, 0.2) is 0 Å². The molecule has 0 aromatic heterocycles. The predicted molar refractivity (Wildman–Crippen MR) is 45.9 cm³/mol. The zero-order valence-corrected chi connectivity index (χ0v) is 8.20. The molecule has 1 fully saturated rings. The van der Waals surface area contributed by atoms with Crippen molar-refractivity contribution in [2.24, 2.45) is 5.92 Å². The molecule has 1 nitrogen and oxygen atoms in total. The van der Waals surface area contributed by atoms with E-state index < -0.39 is 12.7 Å². The number of hydrogen-bond donors (Lipinski definition) is 0. The molecule has 2 atom stereocenters. The van der Waals surface area contributed by atoms with Crippen LogP contribution >= 0.6 is 11.6 Å². The van der Waals surface area contributed by atoms with Crippen LogP contribution in [-0.2, 0) is 0 Å². The highest BCUT2D eigenvalue weighted by molar-refractivity contribution is 6.18. The molecule has 1 heterocycles. The van der Waals surface area contributed by atoms with Gasteiger partial charge in [-0.3, -0.25) is 4.90 Å². The standard InChI is InChI=1S/C8H13ClF3N/c1-6-7(4-9)2-3-13(6)5-8(10,11)12/h6-7H,2-5H2,1H3. The lowest BCUT2D eigenvalue weighted by atomic mass is 10.1. The minimum absolute atomic E-state index is 0.0425. The summed E-state index contributed by atoms with van der Waals surface area (Å²) in [5, 5.41) is 0. The van der Waals surface area contributed by atoms with Crippen LogP contribution in [0.2, 0.25) is 0 Å². The van der Waals surface area contributed by atoms with Crippen molar-refractivity contribution in [2.75, 3.05) is 19.0 Å². The first-order chi connectivity index (χ1) is 5.94. The highest BCUT2D eigenvalue weighted by Crippen LogP contribution is 2.28. The molecule has 0 saturated carbocycles. The van der Waals surface area contributed by atoms with E-state index in [-0.39, 0.29) is 12.0 Å². The third-order valence-corrected chi connectivity index (χ3v) is 3.02. The molecule has 0 aromatic rings. The van der Waals surface area contributed by atoms with Gasteiger partial charge in [0, 0.05) is 11.9 Å². The van der Waals surface area contributed by atoms with Crippen LogP contribution in [0.25, 0.3) is 0 Å². The molecule has 0 aliphatic carbocycles. The quantitative estimate of drug-likeness (QED) is 0.640. The summed E-state index contributed by atoms with van der Waals surface area (Å²) in [6, 6.07) is -0.0425. The van der Waals surface area contributed by atoms with Gasteiger partial charge < -0.3 is 0 Å². The van der Waals surface area contributed by atoms with Gasteiger partial charge in [0.2, 0.25) is 0 Å². The highest BCUT2D eigenvalue weighted by atomic mass is 35.5. The Morgan fingerprint density at radius 1 is 1.46 bits per heavy atom. The van der Waals surface area contributed by atoms with Crippen molar-refractivity contribution in [3.8, 4) is 0 Å². The molecule has 2 unspecified atom stereocenters. The van der Waals surface area contributed by atoms with Gasteiger partial charge in [-0.2, -0.15) is 13.2 Å². The molecule has 0 spiro atoms. The van der Waals surface area contributed by atoms with Crippen LogP contribution in [0.4, 0.5) is 13.2 Å². The Labute approximate surface area is 80.8 Å². The van der Waals surface area contributed by atoms with Gasteiger partial charge in [-0.05, 0) is 25.8 Å². The second-order valence-corrected chi connectivity index (χ2v) is 3.84. The molecule has 0 amide bonds. The summed E-state index contributed by atoms with van der Waals surface area (Å²) in [7, 11) is 0. The first-order valence-electron chi connectivity index (χ1n) is 4.31. The minimum Gasteiger partial charge on any atom is -0.292 e. The first kappa shape index (κ1) is 11.1. The Kier molecular flexibility index (Phi) is 3.46. The van der Waals surface area contributed by atoms with Gasteiger partial charge in [-0.15, -0.1) is 11.6 Å². The monoisotopic (exact) mass is 215 g/mol. The number of halogens is 4. The van der Waals surface area contributed by atoms with Crippen molar-refractivity contribution in [1.82, 2.24) is 4.90 Å². The molecule has 1 aliphatic rings. The summed E-state index contributed by atoms with van der Waals surface area (Å²) in [6.07, 6.45) is -3.31. The summed E-state index contributed by atoms with van der Waals surface area (Å²) in [4.78, 5) is 1.45. The van der Waals surface area contributed by atoms with E-state index in [0.29, 0.717) is 12.4 Å². The molecule has 78 valence electrons. The van der Waals surface area contributed by atoms with E-state index in [1.165, 1.54) is 4.90 Å². The van der Waals surface area contributed by atoms with Gasteiger partial charge in [0.25, 0.3) is 0 Å². The van der Waals surface area contributed by atoms with E-state index in [9.17, 15) is 13.2 Å². The SMILES string of the molecule is CC1C(CCl)CCN1CC(F)(F)F. The summed E-state index contributed by atoms with van der Waals surface area (Å²) in [5.74, 6) is 0.666. The van der Waals surface area contributed by atoms with Crippen molar-refractivity contribution in [3.63, 3.8) is 0 Å². The third-order valence-electron chi connectivity index (χ3n) is 2.63. The predicted octanol–water partition coefficient (Wildman–Crippen LogP) is 2.50. The summed E-state index contributed by atoms with van der Waals surface area (Å²) < 4.78 is 36.1. The van der Waals surface area contributed by atoms with Crippen LogP contribution in [0.3, 0.4) is 0 Å². The molecule has 13 heavy (non-hydrogen) atoms. The van der Waals surface area contributed by atoms with E-state index in [0.717, 1.165) is 6.42 Å². The van der Waals surface area contributed by atoms with Crippen LogP contribution < -0.4 is 0 Å². The molecule has 1 rings (SSSR count). The fourth-order valence-corrected chi connectivity index (χ4v) is 2.15. The lowest BCUT2D eigenvalue weighted by molar-refractivity contribution is -0.147. The largest absolute Gasteiger partial charge is 0.401 e. The summed E-state index contributed by atoms with van der Waals surface area (Å²) in [5.41, 5.74) is 0. The van der Waals surface area contributed by atoms with Crippen molar-refractivity contribution >= 4 is 11.6 Å². The fourth-order valence-electron chi connectivity index (χ4n) is 1.73. The maximum absolute atomic E-state index is 12.0. The zero-order chi connectivity index (χ0) is 10.1. The molecule has 0 bridgehead atoms. The second kappa shape index (κ2) is 4.05. The van der Waals surface area contributed by atoms with Crippen LogP contribution in [0.1, 0.15) is 13.3 Å². The maximum Gasteiger partial charge on any atom is 0.401 e.